The average Bonchev–Trinajstić information content (AvgIpc) is 3.61. The third-order valence-electron chi connectivity index (χ3n) is 8.69. The molecule has 0 saturated heterocycles. The van der Waals surface area contributed by atoms with Crippen LogP contribution in [0.15, 0.2) is 47.5 Å². The van der Waals surface area contributed by atoms with Gasteiger partial charge in [0, 0.05) is 16.1 Å². The number of halogens is 4. The number of rotatable bonds is 9. The Labute approximate surface area is 258 Å². The van der Waals surface area contributed by atoms with Crippen LogP contribution in [-0.2, 0) is 17.5 Å². The van der Waals surface area contributed by atoms with Crippen LogP contribution in [0.3, 0.4) is 0 Å². The van der Waals surface area contributed by atoms with Crippen LogP contribution in [0.5, 0.6) is 0 Å². The number of alkyl halides is 3. The van der Waals surface area contributed by atoms with Crippen LogP contribution >= 0.6 is 11.6 Å². The van der Waals surface area contributed by atoms with Crippen molar-refractivity contribution in [1.29, 1.82) is 0 Å². The maximum atomic E-state index is 14.3. The van der Waals surface area contributed by atoms with Gasteiger partial charge < -0.3 is 10.2 Å². The van der Waals surface area contributed by atoms with Crippen molar-refractivity contribution in [2.75, 3.05) is 0 Å². The second kappa shape index (κ2) is 12.7. The van der Waals surface area contributed by atoms with E-state index in [0.29, 0.717) is 42.5 Å². The minimum absolute atomic E-state index is 0.000404. The van der Waals surface area contributed by atoms with Gasteiger partial charge in [-0.1, -0.05) is 56.1 Å². The minimum Gasteiger partial charge on any atom is -0.345 e. The van der Waals surface area contributed by atoms with Crippen molar-refractivity contribution in [3.05, 3.63) is 75.6 Å². The zero-order valence-corrected chi connectivity index (χ0v) is 25.5. The van der Waals surface area contributed by atoms with Gasteiger partial charge in [0.1, 0.15) is 11.4 Å². The van der Waals surface area contributed by atoms with Crippen LogP contribution in [0.4, 0.5) is 13.2 Å². The van der Waals surface area contributed by atoms with Gasteiger partial charge in [0.25, 0.3) is 11.8 Å². The van der Waals surface area contributed by atoms with Gasteiger partial charge in [-0.3, -0.25) is 14.6 Å². The fourth-order valence-electron chi connectivity index (χ4n) is 6.34. The van der Waals surface area contributed by atoms with Crippen molar-refractivity contribution in [3.63, 3.8) is 0 Å². The summed E-state index contributed by atoms with van der Waals surface area (Å²) in [4.78, 5) is 33.8. The molecule has 13 heteroatoms. The van der Waals surface area contributed by atoms with Crippen molar-refractivity contribution in [3.8, 4) is 0 Å². The fraction of sp³-hybridized carbons (Fsp3) is 0.484. The number of amides is 2. The van der Waals surface area contributed by atoms with Crippen LogP contribution in [0.1, 0.15) is 98.2 Å². The first-order valence-electron chi connectivity index (χ1n) is 14.8. The van der Waals surface area contributed by atoms with E-state index in [9.17, 15) is 22.8 Å². The minimum atomic E-state index is -4.63. The number of carbonyl (C=O) groups excluding carboxylic acids is 2. The Bertz CT molecular complexity index is 1520. The molecule has 9 nitrogen and oxygen atoms in total. The van der Waals surface area contributed by atoms with Crippen molar-refractivity contribution in [2.24, 2.45) is 16.8 Å². The number of aromatic amines is 1. The maximum absolute atomic E-state index is 14.3. The van der Waals surface area contributed by atoms with Gasteiger partial charge in [-0.15, -0.1) is 10.2 Å². The molecule has 44 heavy (non-hydrogen) atoms. The number of aromatic nitrogens is 4. The lowest BCUT2D eigenvalue weighted by molar-refractivity contribution is -0.137. The molecule has 1 spiro atoms. The molecule has 1 fully saturated rings. The Morgan fingerprint density at radius 2 is 1.86 bits per heavy atom. The van der Waals surface area contributed by atoms with E-state index in [-0.39, 0.29) is 28.7 Å². The second-order valence-corrected chi connectivity index (χ2v) is 12.3. The first-order valence-corrected chi connectivity index (χ1v) is 15.2. The van der Waals surface area contributed by atoms with Crippen molar-refractivity contribution < 1.29 is 22.8 Å². The highest BCUT2D eigenvalue weighted by Gasteiger charge is 2.52. The molecule has 234 valence electrons. The smallest absolute Gasteiger partial charge is 0.345 e. The molecular formula is C31H35ClF3N7O2. The van der Waals surface area contributed by atoms with Crippen molar-refractivity contribution in [1.82, 2.24) is 30.8 Å². The number of aliphatic imine (C=N–C) groups is 1. The third kappa shape index (κ3) is 6.50. The van der Waals surface area contributed by atoms with Gasteiger partial charge in [0.15, 0.2) is 5.82 Å². The van der Waals surface area contributed by atoms with Crippen LogP contribution in [0, 0.1) is 11.8 Å². The Morgan fingerprint density at radius 3 is 2.45 bits per heavy atom. The van der Waals surface area contributed by atoms with Crippen LogP contribution in [-0.4, -0.2) is 48.7 Å². The van der Waals surface area contributed by atoms with Gasteiger partial charge in [-0.2, -0.15) is 18.4 Å². The van der Waals surface area contributed by atoms with Crippen LogP contribution in [0.25, 0.3) is 0 Å². The highest BCUT2D eigenvalue weighted by molar-refractivity contribution is 6.47. The standard InChI is InChI=1S/C31H35ClF3N7O2/c1-4-5-25(20-6-8-21(9-7-20)28(43)36-17-26-38-40-41-39-26)42-29(44)27(22-14-23(31(33,34)35)16-24(32)15-22)37-30(42)12-10-19(11-13-30)18(2)3/h6-9,14-16,18-19,25H,4-5,10-13,17H2,1-3H3,(H,36,43)(H,38,39,40,41). The fourth-order valence-corrected chi connectivity index (χ4v) is 6.57. The number of benzene rings is 2. The summed E-state index contributed by atoms with van der Waals surface area (Å²) in [6, 6.07) is 9.82. The zero-order chi connectivity index (χ0) is 31.6. The highest BCUT2D eigenvalue weighted by Crippen LogP contribution is 2.48. The monoisotopic (exact) mass is 629 g/mol. The second-order valence-electron chi connectivity index (χ2n) is 11.9. The maximum Gasteiger partial charge on any atom is 0.416 e. The van der Waals surface area contributed by atoms with Gasteiger partial charge in [-0.25, -0.2) is 0 Å². The number of nitrogens with zero attached hydrogens (tertiary/aromatic N) is 5. The molecule has 5 rings (SSSR count). The van der Waals surface area contributed by atoms with Crippen LogP contribution in [0.2, 0.25) is 5.02 Å². The molecule has 0 bridgehead atoms. The van der Waals surface area contributed by atoms with Gasteiger partial charge in [-0.05, 0) is 79.8 Å². The van der Waals surface area contributed by atoms with E-state index >= 15 is 0 Å². The molecule has 2 N–H and O–H groups in total. The predicted molar refractivity (Wildman–Crippen MR) is 159 cm³/mol. The Kier molecular flexibility index (Phi) is 9.10. The summed E-state index contributed by atoms with van der Waals surface area (Å²) in [5.41, 5.74) is -0.517. The first kappa shape index (κ1) is 31.6. The Hall–Kier alpha value is -3.80. The van der Waals surface area contributed by atoms with E-state index in [1.165, 1.54) is 6.07 Å². The topological polar surface area (TPSA) is 116 Å². The van der Waals surface area contributed by atoms with E-state index < -0.39 is 29.4 Å². The third-order valence-corrected chi connectivity index (χ3v) is 8.91. The number of hydrogen-bond donors (Lipinski definition) is 2. The molecule has 1 saturated carbocycles. The largest absolute Gasteiger partial charge is 0.416 e. The van der Waals surface area contributed by atoms with E-state index in [2.05, 4.69) is 39.8 Å². The Balaban J connectivity index is 1.49. The normalized spacial score (nSPS) is 21.2. The lowest BCUT2D eigenvalue weighted by Crippen LogP contribution is -2.51. The Morgan fingerprint density at radius 1 is 1.16 bits per heavy atom. The lowest BCUT2D eigenvalue weighted by Gasteiger charge is -2.46. The van der Waals surface area contributed by atoms with E-state index in [1.807, 2.05) is 19.1 Å². The van der Waals surface area contributed by atoms with Crippen LogP contribution < -0.4 is 5.32 Å². The molecule has 1 aromatic heterocycles. The lowest BCUT2D eigenvalue weighted by atomic mass is 9.76. The number of hydrogen-bond acceptors (Lipinski definition) is 6. The average molecular weight is 630 g/mol. The van der Waals surface area contributed by atoms with E-state index in [4.69, 9.17) is 16.6 Å². The number of H-pyrrole nitrogens is 1. The highest BCUT2D eigenvalue weighted by atomic mass is 35.5. The van der Waals surface area contributed by atoms with E-state index in [0.717, 1.165) is 37.0 Å². The summed E-state index contributed by atoms with van der Waals surface area (Å²) >= 11 is 6.13. The molecule has 2 aliphatic rings. The number of nitrogens with one attached hydrogen (secondary N) is 2. The first-order chi connectivity index (χ1) is 20.9. The van der Waals surface area contributed by atoms with Crippen molar-refractivity contribution >= 4 is 29.1 Å². The molecule has 1 atom stereocenters. The number of tetrazole rings is 1. The molecule has 2 heterocycles. The quantitative estimate of drug-likeness (QED) is 0.280. The van der Waals surface area contributed by atoms with Crippen molar-refractivity contribution in [2.45, 2.75) is 83.7 Å². The molecular weight excluding hydrogens is 595 g/mol. The van der Waals surface area contributed by atoms with Gasteiger partial charge in [0.05, 0.1) is 18.2 Å². The predicted octanol–water partition coefficient (Wildman–Crippen LogP) is 6.52. The SMILES string of the molecule is CCCC(c1ccc(C(=O)NCc2nn[nH]n2)cc1)N1C(=O)C(c2cc(Cl)cc(C(F)(F)F)c2)=NC12CCC(C(C)C)CC2. The summed E-state index contributed by atoms with van der Waals surface area (Å²) in [6.07, 6.45) is -0.366. The molecule has 2 aromatic carbocycles. The van der Waals surface area contributed by atoms with Gasteiger partial charge in [0.2, 0.25) is 0 Å². The summed E-state index contributed by atoms with van der Waals surface area (Å²) in [5.74, 6) is 0.550. The van der Waals surface area contributed by atoms with E-state index in [1.54, 1.807) is 17.0 Å². The molecule has 1 aliphatic heterocycles. The zero-order valence-electron chi connectivity index (χ0n) is 24.8. The molecule has 0 radical (unpaired) electrons. The van der Waals surface area contributed by atoms with Gasteiger partial charge >= 0.3 is 6.18 Å². The number of carbonyl (C=O) groups is 2. The summed E-state index contributed by atoms with van der Waals surface area (Å²) in [5, 5.41) is 16.1. The molecule has 3 aromatic rings. The molecule has 1 unspecified atom stereocenters. The molecule has 2 amide bonds. The summed E-state index contributed by atoms with van der Waals surface area (Å²) in [6.45, 7) is 6.49. The summed E-state index contributed by atoms with van der Waals surface area (Å²) in [7, 11) is 0. The molecule has 1 aliphatic carbocycles. The summed E-state index contributed by atoms with van der Waals surface area (Å²) < 4.78 is 41.1.